The molecular weight excluding hydrogens is 348 g/mol. The minimum Gasteiger partial charge on any atom is -0.491 e. The topological polar surface area (TPSA) is 112 Å². The number of carbonyl (C=O) groups is 2. The van der Waals surface area contributed by atoms with Crippen LogP contribution in [0.4, 0.5) is 0 Å². The first-order chi connectivity index (χ1) is 12.9. The third kappa shape index (κ3) is 3.02. The molecular formula is C19H18N4O4. The summed E-state index contributed by atoms with van der Waals surface area (Å²) < 4.78 is 12.6. The van der Waals surface area contributed by atoms with Gasteiger partial charge in [0, 0.05) is 19.0 Å². The number of nitrogens with two attached hydrogens (primary N) is 1. The molecule has 3 heterocycles. The number of nitrogens with zero attached hydrogens (tertiary/aromatic N) is 2. The number of hydrogen-bond acceptors (Lipinski definition) is 5. The van der Waals surface area contributed by atoms with Crippen LogP contribution in [0.1, 0.15) is 39.0 Å². The first-order valence-corrected chi connectivity index (χ1v) is 8.50. The molecule has 1 fully saturated rings. The van der Waals surface area contributed by atoms with E-state index < -0.39 is 11.8 Å². The van der Waals surface area contributed by atoms with Crippen LogP contribution in [0.5, 0.6) is 5.75 Å². The molecule has 2 aliphatic rings. The zero-order chi connectivity index (χ0) is 19.2. The largest absolute Gasteiger partial charge is 0.491 e. The van der Waals surface area contributed by atoms with Crippen molar-refractivity contribution in [2.75, 3.05) is 20.3 Å². The fraction of sp³-hybridized carbons (Fsp3) is 0.316. The Hall–Kier alpha value is -3.31. The highest BCUT2D eigenvalue weighted by Gasteiger charge is 2.37. The average molecular weight is 366 g/mol. The summed E-state index contributed by atoms with van der Waals surface area (Å²) in [6.07, 6.45) is 0.407. The maximum Gasteiger partial charge on any atom is 0.270 e. The number of fused-ring (bicyclic) bond motifs is 3. The summed E-state index contributed by atoms with van der Waals surface area (Å²) in [6.45, 7) is 2.89. The molecule has 8 nitrogen and oxygen atoms in total. The number of epoxide rings is 1. The normalized spacial score (nSPS) is 19.5. The maximum absolute atomic E-state index is 12.3. The highest BCUT2D eigenvalue weighted by atomic mass is 16.6. The Balaban J connectivity index is 1.87. The Morgan fingerprint density at radius 1 is 1.41 bits per heavy atom. The molecule has 138 valence electrons. The second kappa shape index (κ2) is 6.14. The average Bonchev–Trinajstić information content (AvgIpc) is 3.31. The number of nitrogens with one attached hydrogen (secondary N) is 1. The summed E-state index contributed by atoms with van der Waals surface area (Å²) in [5.74, 6) is 5.58. The van der Waals surface area contributed by atoms with Gasteiger partial charge >= 0.3 is 0 Å². The van der Waals surface area contributed by atoms with Gasteiger partial charge in [-0.3, -0.25) is 9.59 Å². The first kappa shape index (κ1) is 17.1. The van der Waals surface area contributed by atoms with Gasteiger partial charge in [0.05, 0.1) is 24.5 Å². The zero-order valence-corrected chi connectivity index (χ0v) is 15.0. The number of aromatic nitrogens is 2. The van der Waals surface area contributed by atoms with E-state index in [0.717, 1.165) is 5.56 Å². The van der Waals surface area contributed by atoms with Gasteiger partial charge in [-0.1, -0.05) is 11.8 Å². The number of amides is 2. The molecule has 1 aromatic heterocycles. The number of primary amides is 1. The lowest BCUT2D eigenvalue weighted by molar-refractivity contribution is 0.0941. The van der Waals surface area contributed by atoms with Gasteiger partial charge in [0.1, 0.15) is 17.0 Å². The van der Waals surface area contributed by atoms with Crippen molar-refractivity contribution < 1.29 is 19.1 Å². The Morgan fingerprint density at radius 2 is 2.19 bits per heavy atom. The lowest BCUT2D eigenvalue weighted by Crippen LogP contribution is -2.24. The maximum atomic E-state index is 12.3. The molecule has 2 amide bonds. The van der Waals surface area contributed by atoms with Crippen LogP contribution in [0.2, 0.25) is 0 Å². The van der Waals surface area contributed by atoms with Crippen LogP contribution >= 0.6 is 0 Å². The summed E-state index contributed by atoms with van der Waals surface area (Å²) in [4.78, 5) is 24.2. The van der Waals surface area contributed by atoms with Crippen molar-refractivity contribution in [1.29, 1.82) is 0 Å². The highest BCUT2D eigenvalue weighted by Crippen LogP contribution is 2.31. The Morgan fingerprint density at radius 3 is 2.85 bits per heavy atom. The third-order valence-electron chi connectivity index (χ3n) is 4.50. The summed E-state index contributed by atoms with van der Waals surface area (Å²) in [5.41, 5.74) is 7.11. The molecule has 2 aromatic rings. The molecule has 0 radical (unpaired) electrons. The molecule has 0 saturated carbocycles. The van der Waals surface area contributed by atoms with E-state index in [-0.39, 0.29) is 16.9 Å². The molecule has 1 saturated heterocycles. The molecule has 0 bridgehead atoms. The van der Waals surface area contributed by atoms with Crippen LogP contribution in [0.25, 0.3) is 5.69 Å². The van der Waals surface area contributed by atoms with E-state index in [2.05, 4.69) is 22.3 Å². The lowest BCUT2D eigenvalue weighted by Gasteiger charge is -2.08. The predicted octanol–water partition coefficient (Wildman–Crippen LogP) is 0.406. The quantitative estimate of drug-likeness (QED) is 0.590. The molecule has 2 aliphatic heterocycles. The van der Waals surface area contributed by atoms with Gasteiger partial charge < -0.3 is 20.5 Å². The molecule has 4 rings (SSSR count). The smallest absolute Gasteiger partial charge is 0.270 e. The zero-order valence-electron chi connectivity index (χ0n) is 15.0. The summed E-state index contributed by atoms with van der Waals surface area (Å²) >= 11 is 0. The van der Waals surface area contributed by atoms with Crippen molar-refractivity contribution in [3.8, 4) is 23.3 Å². The lowest BCUT2D eigenvalue weighted by atomic mass is 10.1. The van der Waals surface area contributed by atoms with Crippen molar-refractivity contribution in [3.05, 3.63) is 40.7 Å². The molecule has 3 N–H and O–H groups in total. The molecule has 27 heavy (non-hydrogen) atoms. The van der Waals surface area contributed by atoms with Gasteiger partial charge in [-0.2, -0.15) is 5.10 Å². The Labute approximate surface area is 155 Å². The number of carbonyl (C=O) groups excluding carboxylic acids is 2. The second-order valence-electron chi connectivity index (χ2n) is 6.58. The van der Waals surface area contributed by atoms with Crippen LogP contribution in [-0.4, -0.2) is 47.5 Å². The highest BCUT2D eigenvalue weighted by molar-refractivity contribution is 6.06. The molecule has 1 aromatic carbocycles. The van der Waals surface area contributed by atoms with Gasteiger partial charge in [-0.15, -0.1) is 0 Å². The number of hydrogen-bond donors (Lipinski definition) is 2. The standard InChI is InChI=1S/C19H18N4O4/c1-19(10-27-19)7-5-11-3-4-14-13(9-11)23-12(6-8-26-14)15(18(25)21-2)16(22-23)17(20)24/h3-4,9H,6,8,10H2,1-2H3,(H2,20,24)(H,21,25). The summed E-state index contributed by atoms with van der Waals surface area (Å²) in [7, 11) is 1.49. The minimum absolute atomic E-state index is 0.0624. The van der Waals surface area contributed by atoms with Gasteiger partial charge in [0.15, 0.2) is 5.69 Å². The summed E-state index contributed by atoms with van der Waals surface area (Å²) in [5, 5.41) is 6.85. The van der Waals surface area contributed by atoms with E-state index in [9.17, 15) is 9.59 Å². The number of ether oxygens (including phenoxy) is 2. The van der Waals surface area contributed by atoms with Gasteiger partial charge in [0.25, 0.3) is 11.8 Å². The second-order valence-corrected chi connectivity index (χ2v) is 6.58. The van der Waals surface area contributed by atoms with Crippen LogP contribution in [0, 0.1) is 11.8 Å². The van der Waals surface area contributed by atoms with Crippen molar-refractivity contribution in [3.63, 3.8) is 0 Å². The van der Waals surface area contributed by atoms with E-state index in [0.29, 0.717) is 36.8 Å². The Bertz CT molecular complexity index is 1020. The Kier molecular flexibility index (Phi) is 3.89. The van der Waals surface area contributed by atoms with Crippen LogP contribution in [0.3, 0.4) is 0 Å². The summed E-state index contributed by atoms with van der Waals surface area (Å²) in [6, 6.07) is 5.46. The molecule has 1 atom stereocenters. The monoisotopic (exact) mass is 366 g/mol. The van der Waals surface area contributed by atoms with Crippen LogP contribution in [0.15, 0.2) is 18.2 Å². The minimum atomic E-state index is -0.758. The van der Waals surface area contributed by atoms with E-state index >= 15 is 0 Å². The van der Waals surface area contributed by atoms with Crippen molar-refractivity contribution >= 4 is 11.8 Å². The first-order valence-electron chi connectivity index (χ1n) is 8.50. The van der Waals surface area contributed by atoms with Crippen molar-refractivity contribution in [2.24, 2.45) is 5.73 Å². The molecule has 0 spiro atoms. The number of rotatable bonds is 2. The molecule has 0 aliphatic carbocycles. The van der Waals surface area contributed by atoms with Gasteiger partial charge in [-0.25, -0.2) is 4.68 Å². The van der Waals surface area contributed by atoms with E-state index in [1.165, 1.54) is 7.05 Å². The predicted molar refractivity (Wildman–Crippen MR) is 95.9 cm³/mol. The fourth-order valence-corrected chi connectivity index (χ4v) is 2.94. The van der Waals surface area contributed by atoms with Crippen LogP contribution < -0.4 is 15.8 Å². The number of benzene rings is 1. The van der Waals surface area contributed by atoms with Crippen molar-refractivity contribution in [2.45, 2.75) is 18.9 Å². The van der Waals surface area contributed by atoms with Gasteiger partial charge in [-0.05, 0) is 25.1 Å². The molecule has 1 unspecified atom stereocenters. The van der Waals surface area contributed by atoms with E-state index in [4.69, 9.17) is 15.2 Å². The van der Waals surface area contributed by atoms with Gasteiger partial charge in [0.2, 0.25) is 0 Å². The van der Waals surface area contributed by atoms with Crippen LogP contribution in [-0.2, 0) is 11.2 Å². The fourth-order valence-electron chi connectivity index (χ4n) is 2.94. The molecule has 8 heteroatoms. The van der Waals surface area contributed by atoms with E-state index in [1.54, 1.807) is 10.7 Å². The van der Waals surface area contributed by atoms with Crippen molar-refractivity contribution in [1.82, 2.24) is 15.1 Å². The third-order valence-corrected chi connectivity index (χ3v) is 4.50. The SMILES string of the molecule is CNC(=O)c1c(C(N)=O)nn2c1CCOc1ccc(C#CC3(C)CO3)cc1-2. The van der Waals surface area contributed by atoms with E-state index in [1.807, 2.05) is 19.1 Å².